The van der Waals surface area contributed by atoms with Gasteiger partial charge in [-0.25, -0.2) is 8.42 Å². The van der Waals surface area contributed by atoms with Gasteiger partial charge in [-0.15, -0.1) is 0 Å². The lowest BCUT2D eigenvalue weighted by atomic mass is 10.1. The average Bonchev–Trinajstić information content (AvgIpc) is 2.75. The van der Waals surface area contributed by atoms with Gasteiger partial charge in [-0.2, -0.15) is 0 Å². The zero-order valence-electron chi connectivity index (χ0n) is 16.3. The maximum Gasteiger partial charge on any atom is 0.205 e. The Hall–Kier alpha value is -1.49. The highest BCUT2D eigenvalue weighted by molar-refractivity contribution is 14.1. The quantitative estimate of drug-likeness (QED) is 0.157. The standard InChI is InChI=1S/C23H17Br2IO4S/c1-30-20-12-6-17(7-13-20)22(27)23(21(26)16-4-10-19(25)11-5-16)31(28,29)14-15-2-8-18(24)9-3-15/h2-13H,14H2,1H3. The molecular weight excluding hydrogens is 659 g/mol. The highest BCUT2D eigenvalue weighted by atomic mass is 127. The van der Waals surface area contributed by atoms with Gasteiger partial charge in [-0.1, -0.05) is 56.1 Å². The number of ether oxygens (including phenoxy) is 1. The molecule has 3 aromatic rings. The van der Waals surface area contributed by atoms with Crippen LogP contribution in [-0.4, -0.2) is 21.3 Å². The zero-order valence-corrected chi connectivity index (χ0v) is 22.5. The number of methoxy groups -OCH3 is 1. The van der Waals surface area contributed by atoms with Gasteiger partial charge in [0.2, 0.25) is 5.78 Å². The predicted molar refractivity (Wildman–Crippen MR) is 139 cm³/mol. The molecular formula is C23H17Br2IO4S. The molecule has 0 spiro atoms. The number of Topliss-reactive ketones (excluding diaryl/α,β-unsaturated/α-hetero) is 1. The van der Waals surface area contributed by atoms with Crippen LogP contribution in [0.25, 0.3) is 3.58 Å². The van der Waals surface area contributed by atoms with E-state index in [0.29, 0.717) is 20.5 Å². The van der Waals surface area contributed by atoms with Crippen molar-refractivity contribution in [3.63, 3.8) is 0 Å². The van der Waals surface area contributed by atoms with Crippen molar-refractivity contribution in [3.8, 4) is 5.75 Å². The molecule has 0 N–H and O–H groups in total. The van der Waals surface area contributed by atoms with Gasteiger partial charge in [-0.05, 0) is 82.2 Å². The highest BCUT2D eigenvalue weighted by Gasteiger charge is 2.30. The van der Waals surface area contributed by atoms with Gasteiger partial charge in [0.1, 0.15) is 10.7 Å². The van der Waals surface area contributed by atoms with Crippen LogP contribution in [-0.2, 0) is 15.6 Å². The maximum atomic E-state index is 13.5. The summed E-state index contributed by atoms with van der Waals surface area (Å²) >= 11 is 8.67. The van der Waals surface area contributed by atoms with E-state index in [-0.39, 0.29) is 16.2 Å². The molecule has 0 fully saturated rings. The lowest BCUT2D eigenvalue weighted by Gasteiger charge is -2.13. The molecule has 8 heteroatoms. The normalized spacial score (nSPS) is 12.3. The number of rotatable bonds is 7. The zero-order chi connectivity index (χ0) is 22.6. The lowest BCUT2D eigenvalue weighted by Crippen LogP contribution is -2.17. The number of benzene rings is 3. The van der Waals surface area contributed by atoms with Gasteiger partial charge in [0, 0.05) is 18.1 Å². The molecule has 0 saturated carbocycles. The van der Waals surface area contributed by atoms with Crippen LogP contribution in [0.3, 0.4) is 0 Å². The summed E-state index contributed by atoms with van der Waals surface area (Å²) in [4.78, 5) is 13.2. The first-order valence-corrected chi connectivity index (χ1v) is 13.3. The lowest BCUT2D eigenvalue weighted by molar-refractivity contribution is 0.104. The highest BCUT2D eigenvalue weighted by Crippen LogP contribution is 2.34. The first kappa shape index (κ1) is 24.2. The van der Waals surface area contributed by atoms with E-state index in [9.17, 15) is 13.2 Å². The van der Waals surface area contributed by atoms with Crippen LogP contribution < -0.4 is 4.74 Å². The van der Waals surface area contributed by atoms with Crippen LogP contribution in [0, 0.1) is 0 Å². The van der Waals surface area contributed by atoms with Crippen molar-refractivity contribution in [1.29, 1.82) is 0 Å². The molecule has 0 heterocycles. The average molecular weight is 676 g/mol. The number of carbonyl (C=O) groups is 1. The van der Waals surface area contributed by atoms with Gasteiger partial charge in [-0.3, -0.25) is 4.79 Å². The second-order valence-corrected chi connectivity index (χ2v) is 11.4. The maximum absolute atomic E-state index is 13.5. The van der Waals surface area contributed by atoms with Crippen LogP contribution in [0.2, 0.25) is 0 Å². The number of hydrogen-bond acceptors (Lipinski definition) is 4. The fourth-order valence-corrected chi connectivity index (χ4v) is 6.56. The van der Waals surface area contributed by atoms with Crippen LogP contribution >= 0.6 is 54.5 Å². The number of hydrogen-bond donors (Lipinski definition) is 0. The fourth-order valence-electron chi connectivity index (χ4n) is 2.85. The Balaban J connectivity index is 2.12. The van der Waals surface area contributed by atoms with E-state index in [1.807, 2.05) is 34.7 Å². The third kappa shape index (κ3) is 6.06. The predicted octanol–water partition coefficient (Wildman–Crippen LogP) is 6.82. The van der Waals surface area contributed by atoms with Gasteiger partial charge in [0.15, 0.2) is 9.84 Å². The number of halogens is 3. The topological polar surface area (TPSA) is 60.4 Å². The molecule has 0 radical (unpaired) electrons. The van der Waals surface area contributed by atoms with E-state index < -0.39 is 15.6 Å². The van der Waals surface area contributed by atoms with Crippen molar-refractivity contribution in [2.75, 3.05) is 7.11 Å². The summed E-state index contributed by atoms with van der Waals surface area (Å²) in [6, 6.07) is 20.6. The van der Waals surface area contributed by atoms with Gasteiger partial charge in [0.05, 0.1) is 12.9 Å². The molecule has 31 heavy (non-hydrogen) atoms. The second-order valence-electron chi connectivity index (χ2n) is 6.59. The van der Waals surface area contributed by atoms with Gasteiger partial charge >= 0.3 is 0 Å². The molecule has 4 nitrogen and oxygen atoms in total. The van der Waals surface area contributed by atoms with E-state index in [0.717, 1.165) is 8.95 Å². The summed E-state index contributed by atoms with van der Waals surface area (Å²) in [6.45, 7) is 0. The molecule has 3 rings (SSSR count). The van der Waals surface area contributed by atoms with Crippen molar-refractivity contribution >= 4 is 73.7 Å². The molecule has 0 aromatic heterocycles. The first-order valence-electron chi connectivity index (χ1n) is 9.03. The number of sulfone groups is 1. The van der Waals surface area contributed by atoms with Crippen LogP contribution in [0.15, 0.2) is 86.6 Å². The van der Waals surface area contributed by atoms with Gasteiger partial charge in [0.25, 0.3) is 0 Å². The van der Waals surface area contributed by atoms with E-state index >= 15 is 0 Å². The Kier molecular flexibility index (Phi) is 8.12. The van der Waals surface area contributed by atoms with E-state index in [2.05, 4.69) is 31.9 Å². The first-order chi connectivity index (χ1) is 14.7. The van der Waals surface area contributed by atoms with Crippen molar-refractivity contribution < 1.29 is 17.9 Å². The number of carbonyl (C=O) groups excluding carboxylic acids is 1. The SMILES string of the molecule is COc1ccc(C(=O)C(=C(I)c2ccc(Br)cc2)S(=O)(=O)Cc2ccc(Br)cc2)cc1. The molecule has 0 aliphatic heterocycles. The van der Waals surface area contributed by atoms with Crippen molar-refractivity contribution in [1.82, 2.24) is 0 Å². The molecule has 3 aromatic carbocycles. The Morgan fingerprint density at radius 3 is 1.84 bits per heavy atom. The minimum Gasteiger partial charge on any atom is -0.497 e. The van der Waals surface area contributed by atoms with Crippen molar-refractivity contribution in [2.24, 2.45) is 0 Å². The summed E-state index contributed by atoms with van der Waals surface area (Å²) < 4.78 is 34.2. The number of allylic oxidation sites excluding steroid dienone is 1. The third-order valence-corrected chi connectivity index (χ3v) is 8.75. The fraction of sp³-hybridized carbons (Fsp3) is 0.0870. The molecule has 0 unspecified atom stereocenters. The molecule has 0 aliphatic carbocycles. The summed E-state index contributed by atoms with van der Waals surface area (Å²) in [7, 11) is -2.42. The van der Waals surface area contributed by atoms with Crippen LogP contribution in [0.4, 0.5) is 0 Å². The Bertz CT molecular complexity index is 1220. The summed E-state index contributed by atoms with van der Waals surface area (Å²) in [5.74, 6) is -0.241. The minimum absolute atomic E-state index is 0.219. The number of ketones is 1. The molecule has 0 bridgehead atoms. The Labute approximate surface area is 212 Å². The second kappa shape index (κ2) is 10.4. The Morgan fingerprint density at radius 1 is 0.839 bits per heavy atom. The van der Waals surface area contributed by atoms with E-state index in [4.69, 9.17) is 4.74 Å². The van der Waals surface area contributed by atoms with Crippen molar-refractivity contribution in [3.05, 3.63) is 103 Å². The van der Waals surface area contributed by atoms with E-state index in [1.165, 1.54) is 7.11 Å². The van der Waals surface area contributed by atoms with Gasteiger partial charge < -0.3 is 4.74 Å². The molecule has 160 valence electrons. The molecule has 0 aliphatic rings. The smallest absolute Gasteiger partial charge is 0.205 e. The Morgan fingerprint density at radius 2 is 1.32 bits per heavy atom. The summed E-state index contributed by atoms with van der Waals surface area (Å²) in [5.41, 5.74) is 1.53. The minimum atomic E-state index is -3.94. The molecule has 0 atom stereocenters. The monoisotopic (exact) mass is 674 g/mol. The van der Waals surface area contributed by atoms with Crippen LogP contribution in [0.1, 0.15) is 21.5 Å². The third-order valence-electron chi connectivity index (χ3n) is 4.44. The van der Waals surface area contributed by atoms with Crippen molar-refractivity contribution in [2.45, 2.75) is 5.75 Å². The van der Waals surface area contributed by atoms with E-state index in [1.54, 1.807) is 60.7 Å². The summed E-state index contributed by atoms with van der Waals surface area (Å²) in [6.07, 6.45) is 0. The van der Waals surface area contributed by atoms with Crippen LogP contribution in [0.5, 0.6) is 5.75 Å². The molecule has 0 amide bonds. The largest absolute Gasteiger partial charge is 0.497 e. The molecule has 0 saturated heterocycles. The summed E-state index contributed by atoms with van der Waals surface area (Å²) in [5, 5.41) is 0.